The fourth-order valence-electron chi connectivity index (χ4n) is 2.33. The molecule has 0 aliphatic heterocycles. The normalized spacial score (nSPS) is 18.9. The Labute approximate surface area is 96.0 Å². The van der Waals surface area contributed by atoms with Crippen LogP contribution < -0.4 is 11.1 Å². The van der Waals surface area contributed by atoms with Crippen molar-refractivity contribution in [3.05, 3.63) is 29.6 Å². The van der Waals surface area contributed by atoms with Gasteiger partial charge >= 0.3 is 0 Å². The summed E-state index contributed by atoms with van der Waals surface area (Å²) in [6.07, 6.45) is 5.01. The van der Waals surface area contributed by atoms with E-state index in [9.17, 15) is 4.39 Å². The number of nitrogen functional groups attached to an aromatic ring is 1. The number of nitrogens with two attached hydrogens (primary N) is 1. The van der Waals surface area contributed by atoms with Crippen LogP contribution in [0.1, 0.15) is 38.2 Å². The Morgan fingerprint density at radius 2 is 2.06 bits per heavy atom. The molecule has 1 aromatic carbocycles. The Morgan fingerprint density at radius 1 is 1.38 bits per heavy atom. The molecule has 0 saturated heterocycles. The molecule has 0 unspecified atom stereocenters. The van der Waals surface area contributed by atoms with Crippen molar-refractivity contribution in [3.63, 3.8) is 0 Å². The minimum atomic E-state index is -0.323. The van der Waals surface area contributed by atoms with E-state index < -0.39 is 0 Å². The van der Waals surface area contributed by atoms with Gasteiger partial charge in [0.15, 0.2) is 0 Å². The van der Waals surface area contributed by atoms with Crippen molar-refractivity contribution in [1.29, 1.82) is 0 Å². The van der Waals surface area contributed by atoms with Crippen LogP contribution in [0.25, 0.3) is 0 Å². The first-order valence-corrected chi connectivity index (χ1v) is 5.88. The van der Waals surface area contributed by atoms with E-state index in [-0.39, 0.29) is 17.0 Å². The van der Waals surface area contributed by atoms with E-state index in [0.29, 0.717) is 6.54 Å². The third-order valence-corrected chi connectivity index (χ3v) is 3.49. The molecular formula is C13H19FN2. The maximum Gasteiger partial charge on any atom is 0.146 e. The Balaban J connectivity index is 1.96. The second kappa shape index (κ2) is 4.42. The van der Waals surface area contributed by atoms with Crippen molar-refractivity contribution in [2.75, 3.05) is 5.73 Å². The highest BCUT2D eigenvalue weighted by molar-refractivity contribution is 5.41. The SMILES string of the molecule is CC1(NCc2ccc(N)c(F)c2)CCCC1. The first-order valence-electron chi connectivity index (χ1n) is 5.88. The molecule has 0 heterocycles. The molecule has 0 aromatic heterocycles. The summed E-state index contributed by atoms with van der Waals surface area (Å²) < 4.78 is 13.2. The fourth-order valence-corrected chi connectivity index (χ4v) is 2.33. The molecule has 1 aliphatic rings. The molecule has 3 N–H and O–H groups in total. The third-order valence-electron chi connectivity index (χ3n) is 3.49. The van der Waals surface area contributed by atoms with E-state index in [1.807, 2.05) is 6.07 Å². The summed E-state index contributed by atoms with van der Waals surface area (Å²) in [6, 6.07) is 5.02. The summed E-state index contributed by atoms with van der Waals surface area (Å²) in [5.74, 6) is -0.323. The van der Waals surface area contributed by atoms with Gasteiger partial charge in [0, 0.05) is 12.1 Å². The molecule has 0 amide bonds. The number of anilines is 1. The Morgan fingerprint density at radius 3 is 2.69 bits per heavy atom. The van der Waals surface area contributed by atoms with Crippen molar-refractivity contribution in [2.45, 2.75) is 44.7 Å². The molecule has 1 aromatic rings. The van der Waals surface area contributed by atoms with Gasteiger partial charge < -0.3 is 11.1 Å². The molecule has 0 spiro atoms. The minimum Gasteiger partial charge on any atom is -0.396 e. The first kappa shape index (κ1) is 11.4. The average Bonchev–Trinajstić information content (AvgIpc) is 2.68. The van der Waals surface area contributed by atoms with E-state index in [1.54, 1.807) is 6.07 Å². The summed E-state index contributed by atoms with van der Waals surface area (Å²) in [4.78, 5) is 0. The van der Waals surface area contributed by atoms with Gasteiger partial charge in [-0.15, -0.1) is 0 Å². The Kier molecular flexibility index (Phi) is 3.15. The maximum atomic E-state index is 13.2. The molecule has 88 valence electrons. The van der Waals surface area contributed by atoms with Gasteiger partial charge in [-0.25, -0.2) is 4.39 Å². The van der Waals surface area contributed by atoms with Gasteiger partial charge in [0.2, 0.25) is 0 Å². The van der Waals surface area contributed by atoms with E-state index in [4.69, 9.17) is 5.73 Å². The van der Waals surface area contributed by atoms with Crippen LogP contribution in [-0.2, 0) is 6.54 Å². The van der Waals surface area contributed by atoms with Crippen molar-refractivity contribution in [1.82, 2.24) is 5.32 Å². The molecule has 2 nitrogen and oxygen atoms in total. The molecule has 1 saturated carbocycles. The molecule has 1 fully saturated rings. The Hall–Kier alpha value is -1.09. The second-order valence-corrected chi connectivity index (χ2v) is 4.98. The zero-order valence-electron chi connectivity index (χ0n) is 9.72. The van der Waals surface area contributed by atoms with Crippen molar-refractivity contribution < 1.29 is 4.39 Å². The summed E-state index contributed by atoms with van der Waals surface area (Å²) >= 11 is 0. The Bertz CT molecular complexity index is 370. The smallest absolute Gasteiger partial charge is 0.146 e. The fraction of sp³-hybridized carbons (Fsp3) is 0.538. The van der Waals surface area contributed by atoms with Crippen LogP contribution in [0.3, 0.4) is 0 Å². The van der Waals surface area contributed by atoms with Crippen LogP contribution >= 0.6 is 0 Å². The topological polar surface area (TPSA) is 38.0 Å². The number of rotatable bonds is 3. The van der Waals surface area contributed by atoms with E-state index in [1.165, 1.54) is 31.7 Å². The number of hydrogen-bond acceptors (Lipinski definition) is 2. The maximum absolute atomic E-state index is 13.2. The average molecular weight is 222 g/mol. The summed E-state index contributed by atoms with van der Waals surface area (Å²) in [7, 11) is 0. The monoisotopic (exact) mass is 222 g/mol. The van der Waals surface area contributed by atoms with Crippen LogP contribution in [0.15, 0.2) is 18.2 Å². The van der Waals surface area contributed by atoms with E-state index in [0.717, 1.165) is 5.56 Å². The molecule has 2 rings (SSSR count). The number of halogens is 1. The standard InChI is InChI=1S/C13H19FN2/c1-13(6-2-3-7-13)16-9-10-4-5-12(15)11(14)8-10/h4-5,8,16H,2-3,6-7,9,15H2,1H3. The molecule has 0 radical (unpaired) electrons. The van der Waals surface area contributed by atoms with Gasteiger partial charge in [-0.1, -0.05) is 18.9 Å². The summed E-state index contributed by atoms with van der Waals surface area (Å²) in [5.41, 5.74) is 6.85. The predicted octanol–water partition coefficient (Wildman–Crippen LogP) is 2.83. The molecule has 0 bridgehead atoms. The van der Waals surface area contributed by atoms with Crippen molar-refractivity contribution in [2.24, 2.45) is 0 Å². The number of nitrogens with one attached hydrogen (secondary N) is 1. The molecule has 0 atom stereocenters. The quantitative estimate of drug-likeness (QED) is 0.772. The highest BCUT2D eigenvalue weighted by Crippen LogP contribution is 2.29. The van der Waals surface area contributed by atoms with Gasteiger partial charge in [0.25, 0.3) is 0 Å². The van der Waals surface area contributed by atoms with Gasteiger partial charge in [-0.2, -0.15) is 0 Å². The molecule has 3 heteroatoms. The molecular weight excluding hydrogens is 203 g/mol. The summed E-state index contributed by atoms with van der Waals surface area (Å²) in [6.45, 7) is 2.96. The zero-order valence-corrected chi connectivity index (χ0v) is 9.72. The third kappa shape index (κ3) is 2.53. The lowest BCUT2D eigenvalue weighted by Gasteiger charge is -2.25. The highest BCUT2D eigenvalue weighted by Gasteiger charge is 2.27. The van der Waals surface area contributed by atoms with Crippen LogP contribution in [0.2, 0.25) is 0 Å². The molecule has 16 heavy (non-hydrogen) atoms. The highest BCUT2D eigenvalue weighted by atomic mass is 19.1. The number of benzene rings is 1. The summed E-state index contributed by atoms with van der Waals surface area (Å²) in [5, 5.41) is 3.51. The van der Waals surface area contributed by atoms with Crippen LogP contribution in [0.5, 0.6) is 0 Å². The lowest BCUT2D eigenvalue weighted by molar-refractivity contribution is 0.362. The zero-order chi connectivity index (χ0) is 11.6. The van der Waals surface area contributed by atoms with Gasteiger partial charge in [0.05, 0.1) is 5.69 Å². The van der Waals surface area contributed by atoms with Crippen molar-refractivity contribution in [3.8, 4) is 0 Å². The minimum absolute atomic E-state index is 0.218. The second-order valence-electron chi connectivity index (χ2n) is 4.98. The number of hydrogen-bond donors (Lipinski definition) is 2. The lowest BCUT2D eigenvalue weighted by Crippen LogP contribution is -2.38. The van der Waals surface area contributed by atoms with E-state index >= 15 is 0 Å². The molecule has 1 aliphatic carbocycles. The first-order chi connectivity index (χ1) is 7.59. The van der Waals surface area contributed by atoms with Crippen LogP contribution in [0, 0.1) is 5.82 Å². The predicted molar refractivity (Wildman–Crippen MR) is 64.5 cm³/mol. The lowest BCUT2D eigenvalue weighted by atomic mass is 10.0. The van der Waals surface area contributed by atoms with Gasteiger partial charge in [0.1, 0.15) is 5.82 Å². The van der Waals surface area contributed by atoms with E-state index in [2.05, 4.69) is 12.2 Å². The van der Waals surface area contributed by atoms with Crippen molar-refractivity contribution >= 4 is 5.69 Å². The largest absolute Gasteiger partial charge is 0.396 e. The van der Waals surface area contributed by atoms with Crippen LogP contribution in [0.4, 0.5) is 10.1 Å². The van der Waals surface area contributed by atoms with Crippen LogP contribution in [-0.4, -0.2) is 5.54 Å². The van der Waals surface area contributed by atoms with Gasteiger partial charge in [-0.3, -0.25) is 0 Å². The van der Waals surface area contributed by atoms with Gasteiger partial charge in [-0.05, 0) is 37.5 Å².